The molecule has 6 heteroatoms. The molecule has 0 atom stereocenters. The molecule has 3 aromatic carbocycles. The number of hydrogen-bond donors (Lipinski definition) is 1. The predicted octanol–water partition coefficient (Wildman–Crippen LogP) is 4.25. The van der Waals surface area contributed by atoms with Crippen molar-refractivity contribution in [1.29, 1.82) is 0 Å². The van der Waals surface area contributed by atoms with Gasteiger partial charge in [-0.3, -0.25) is 14.9 Å². The fourth-order valence-corrected chi connectivity index (χ4v) is 2.48. The SMILES string of the molecule is O=C(Cc1ccc([N+](=O)[O-])cc1)NCc1ccc(Oc2ccccc2)cc1. The quantitative estimate of drug-likeness (QED) is 0.503. The van der Waals surface area contributed by atoms with E-state index in [0.29, 0.717) is 6.54 Å². The number of para-hydroxylation sites is 1. The summed E-state index contributed by atoms with van der Waals surface area (Å²) in [6.07, 6.45) is 0.174. The number of nitro groups is 1. The van der Waals surface area contributed by atoms with Crippen molar-refractivity contribution in [3.05, 3.63) is 100 Å². The summed E-state index contributed by atoms with van der Waals surface area (Å²) in [5, 5.41) is 13.5. The van der Waals surface area contributed by atoms with Crippen molar-refractivity contribution in [3.63, 3.8) is 0 Å². The second-order valence-corrected chi connectivity index (χ2v) is 5.94. The van der Waals surface area contributed by atoms with Crippen LogP contribution < -0.4 is 10.1 Å². The van der Waals surface area contributed by atoms with Gasteiger partial charge in [0.05, 0.1) is 11.3 Å². The largest absolute Gasteiger partial charge is 0.457 e. The number of nitrogens with zero attached hydrogens (tertiary/aromatic N) is 1. The van der Waals surface area contributed by atoms with E-state index in [1.54, 1.807) is 12.1 Å². The molecule has 0 spiro atoms. The molecule has 1 N–H and O–H groups in total. The summed E-state index contributed by atoms with van der Waals surface area (Å²) in [5.41, 5.74) is 1.69. The molecule has 0 saturated carbocycles. The van der Waals surface area contributed by atoms with Crippen molar-refractivity contribution in [2.75, 3.05) is 0 Å². The van der Waals surface area contributed by atoms with Gasteiger partial charge in [0.1, 0.15) is 11.5 Å². The molecule has 0 aliphatic rings. The molecular formula is C21H18N2O4. The van der Waals surface area contributed by atoms with Crippen molar-refractivity contribution < 1.29 is 14.5 Å². The molecule has 0 radical (unpaired) electrons. The Hall–Kier alpha value is -3.67. The lowest BCUT2D eigenvalue weighted by atomic mass is 10.1. The summed E-state index contributed by atoms with van der Waals surface area (Å²) < 4.78 is 5.73. The average Bonchev–Trinajstić information content (AvgIpc) is 2.69. The lowest BCUT2D eigenvalue weighted by molar-refractivity contribution is -0.384. The van der Waals surface area contributed by atoms with Crippen molar-refractivity contribution in [2.24, 2.45) is 0 Å². The molecular weight excluding hydrogens is 344 g/mol. The van der Waals surface area contributed by atoms with E-state index in [4.69, 9.17) is 4.74 Å². The first kappa shape index (κ1) is 18.1. The second kappa shape index (κ2) is 8.62. The number of rotatable bonds is 7. The van der Waals surface area contributed by atoms with Gasteiger partial charge in [0.25, 0.3) is 5.69 Å². The standard InChI is InChI=1S/C21H18N2O4/c24-21(14-16-6-10-18(11-7-16)23(25)26)22-15-17-8-12-20(13-9-17)27-19-4-2-1-3-5-19/h1-13H,14-15H2,(H,22,24). The summed E-state index contributed by atoms with van der Waals surface area (Å²) in [7, 11) is 0. The van der Waals surface area contributed by atoms with Crippen molar-refractivity contribution in [1.82, 2.24) is 5.32 Å². The first-order valence-corrected chi connectivity index (χ1v) is 8.42. The van der Waals surface area contributed by atoms with E-state index in [9.17, 15) is 14.9 Å². The Labute approximate surface area is 156 Å². The van der Waals surface area contributed by atoms with Crippen LogP contribution in [0, 0.1) is 10.1 Å². The number of ether oxygens (including phenoxy) is 1. The van der Waals surface area contributed by atoms with Crippen LogP contribution in [-0.2, 0) is 17.8 Å². The molecule has 6 nitrogen and oxygen atoms in total. The van der Waals surface area contributed by atoms with E-state index in [2.05, 4.69) is 5.32 Å². The fraction of sp³-hybridized carbons (Fsp3) is 0.0952. The highest BCUT2D eigenvalue weighted by atomic mass is 16.6. The molecule has 0 bridgehead atoms. The highest BCUT2D eigenvalue weighted by Gasteiger charge is 2.07. The van der Waals surface area contributed by atoms with Crippen LogP contribution in [0.2, 0.25) is 0 Å². The predicted molar refractivity (Wildman–Crippen MR) is 102 cm³/mol. The minimum absolute atomic E-state index is 0.0111. The zero-order chi connectivity index (χ0) is 19.1. The molecule has 27 heavy (non-hydrogen) atoms. The van der Waals surface area contributed by atoms with Crippen LogP contribution in [0.15, 0.2) is 78.9 Å². The van der Waals surface area contributed by atoms with E-state index in [1.165, 1.54) is 12.1 Å². The van der Waals surface area contributed by atoms with Crippen LogP contribution in [0.5, 0.6) is 11.5 Å². The summed E-state index contributed by atoms with van der Waals surface area (Å²) in [6, 6.07) is 23.0. The van der Waals surface area contributed by atoms with Crippen LogP contribution in [0.25, 0.3) is 0 Å². The highest BCUT2D eigenvalue weighted by Crippen LogP contribution is 2.21. The van der Waals surface area contributed by atoms with E-state index in [-0.39, 0.29) is 18.0 Å². The van der Waals surface area contributed by atoms with E-state index >= 15 is 0 Å². The molecule has 0 unspecified atom stereocenters. The summed E-state index contributed by atoms with van der Waals surface area (Å²) in [5.74, 6) is 1.34. The Kier molecular flexibility index (Phi) is 5.79. The summed E-state index contributed by atoms with van der Waals surface area (Å²) in [6.45, 7) is 0.400. The average molecular weight is 362 g/mol. The Morgan fingerprint density at radius 1 is 0.852 bits per heavy atom. The highest BCUT2D eigenvalue weighted by molar-refractivity contribution is 5.78. The van der Waals surface area contributed by atoms with Gasteiger partial charge in [-0.2, -0.15) is 0 Å². The number of nitro benzene ring substituents is 1. The maximum atomic E-state index is 12.0. The number of non-ortho nitro benzene ring substituents is 1. The lowest BCUT2D eigenvalue weighted by Crippen LogP contribution is -2.24. The van der Waals surface area contributed by atoms with Crippen LogP contribution in [0.4, 0.5) is 5.69 Å². The number of carbonyl (C=O) groups excluding carboxylic acids is 1. The third-order valence-corrected chi connectivity index (χ3v) is 3.90. The van der Waals surface area contributed by atoms with Gasteiger partial charge in [-0.05, 0) is 35.4 Å². The number of nitrogens with one attached hydrogen (secondary N) is 1. The molecule has 0 aliphatic carbocycles. The van der Waals surface area contributed by atoms with Crippen LogP contribution in [0.3, 0.4) is 0 Å². The first-order valence-electron chi connectivity index (χ1n) is 8.42. The number of carbonyl (C=O) groups is 1. The normalized spacial score (nSPS) is 10.2. The van der Waals surface area contributed by atoms with Crippen LogP contribution in [-0.4, -0.2) is 10.8 Å². The third-order valence-electron chi connectivity index (χ3n) is 3.90. The van der Waals surface area contributed by atoms with Crippen LogP contribution in [0.1, 0.15) is 11.1 Å². The Balaban J connectivity index is 1.49. The number of benzene rings is 3. The molecule has 0 aromatic heterocycles. The topological polar surface area (TPSA) is 81.5 Å². The first-order chi connectivity index (χ1) is 13.1. The molecule has 0 heterocycles. The van der Waals surface area contributed by atoms with E-state index in [1.807, 2.05) is 54.6 Å². The van der Waals surface area contributed by atoms with Crippen molar-refractivity contribution in [3.8, 4) is 11.5 Å². The Bertz CT molecular complexity index is 907. The maximum absolute atomic E-state index is 12.0. The van der Waals surface area contributed by atoms with Gasteiger partial charge in [0.2, 0.25) is 5.91 Å². The zero-order valence-corrected chi connectivity index (χ0v) is 14.5. The van der Waals surface area contributed by atoms with Gasteiger partial charge >= 0.3 is 0 Å². The molecule has 0 fully saturated rings. The smallest absolute Gasteiger partial charge is 0.269 e. The minimum Gasteiger partial charge on any atom is -0.457 e. The molecule has 3 aromatic rings. The lowest BCUT2D eigenvalue weighted by Gasteiger charge is -2.08. The minimum atomic E-state index is -0.463. The fourth-order valence-electron chi connectivity index (χ4n) is 2.48. The Morgan fingerprint density at radius 3 is 2.07 bits per heavy atom. The number of amides is 1. The molecule has 0 aliphatic heterocycles. The summed E-state index contributed by atoms with van der Waals surface area (Å²) in [4.78, 5) is 22.2. The van der Waals surface area contributed by atoms with Gasteiger partial charge in [-0.15, -0.1) is 0 Å². The summed E-state index contributed by atoms with van der Waals surface area (Å²) >= 11 is 0. The van der Waals surface area contributed by atoms with Gasteiger partial charge in [0.15, 0.2) is 0 Å². The Morgan fingerprint density at radius 2 is 1.44 bits per heavy atom. The third kappa shape index (κ3) is 5.40. The van der Waals surface area contributed by atoms with Gasteiger partial charge < -0.3 is 10.1 Å². The second-order valence-electron chi connectivity index (χ2n) is 5.94. The molecule has 3 rings (SSSR count). The maximum Gasteiger partial charge on any atom is 0.269 e. The molecule has 0 saturated heterocycles. The van der Waals surface area contributed by atoms with Crippen LogP contribution >= 0.6 is 0 Å². The van der Waals surface area contributed by atoms with E-state index < -0.39 is 4.92 Å². The monoisotopic (exact) mass is 362 g/mol. The molecule has 136 valence electrons. The zero-order valence-electron chi connectivity index (χ0n) is 14.5. The number of hydrogen-bond acceptors (Lipinski definition) is 4. The van der Waals surface area contributed by atoms with Crippen molar-refractivity contribution in [2.45, 2.75) is 13.0 Å². The van der Waals surface area contributed by atoms with Crippen molar-refractivity contribution >= 4 is 11.6 Å². The van der Waals surface area contributed by atoms with Gasteiger partial charge in [-0.25, -0.2) is 0 Å². The van der Waals surface area contributed by atoms with Gasteiger partial charge in [-0.1, -0.05) is 42.5 Å². The molecule has 1 amide bonds. The van der Waals surface area contributed by atoms with E-state index in [0.717, 1.165) is 22.6 Å². The van der Waals surface area contributed by atoms with Gasteiger partial charge in [0, 0.05) is 18.7 Å².